The van der Waals surface area contributed by atoms with Gasteiger partial charge < -0.3 is 14.8 Å². The highest BCUT2D eigenvalue weighted by Crippen LogP contribution is 2.33. The zero-order valence-electron chi connectivity index (χ0n) is 10.4. The lowest BCUT2D eigenvalue weighted by molar-refractivity contribution is 0.398. The van der Waals surface area contributed by atoms with Crippen LogP contribution in [0.4, 0.5) is 5.82 Å². The lowest BCUT2D eigenvalue weighted by Crippen LogP contribution is -1.97. The molecule has 18 heavy (non-hydrogen) atoms. The van der Waals surface area contributed by atoms with Gasteiger partial charge in [0.1, 0.15) is 23.4 Å². The fourth-order valence-corrected chi connectivity index (χ4v) is 1.80. The molecule has 0 saturated heterocycles. The van der Waals surface area contributed by atoms with E-state index in [1.807, 2.05) is 0 Å². The highest BCUT2D eigenvalue weighted by Gasteiger charge is 2.12. The van der Waals surface area contributed by atoms with E-state index in [9.17, 15) is 5.26 Å². The van der Waals surface area contributed by atoms with Crippen LogP contribution in [-0.4, -0.2) is 26.3 Å². The van der Waals surface area contributed by atoms with Crippen LogP contribution in [0.15, 0.2) is 18.2 Å². The second-order valence-electron chi connectivity index (χ2n) is 3.64. The minimum atomic E-state index is 0.517. The molecule has 0 saturated carbocycles. The van der Waals surface area contributed by atoms with Crippen LogP contribution < -0.4 is 14.8 Å². The average Bonchev–Trinajstić information content (AvgIpc) is 2.44. The third kappa shape index (κ3) is 1.89. The topological polar surface area (TPSA) is 67.2 Å². The summed E-state index contributed by atoms with van der Waals surface area (Å²) in [5.41, 5.74) is 1.18. The molecule has 0 spiro atoms. The molecular formula is C13H13N3O2. The number of nitrogens with zero attached hydrogens (tertiary/aromatic N) is 2. The number of benzene rings is 1. The molecule has 92 valence electrons. The van der Waals surface area contributed by atoms with Gasteiger partial charge >= 0.3 is 0 Å². The standard InChI is InChI=1S/C13H13N3O2/c1-15-12-4-8(7-14)13-10(16-12)5-9(17-2)6-11(13)18-3/h4-6H,1-3H3,(H,15,16). The number of fused-ring (bicyclic) bond motifs is 1. The van der Waals surface area contributed by atoms with Crippen LogP contribution in [0.25, 0.3) is 10.9 Å². The van der Waals surface area contributed by atoms with E-state index in [-0.39, 0.29) is 0 Å². The molecule has 5 nitrogen and oxygen atoms in total. The van der Waals surface area contributed by atoms with Crippen molar-refractivity contribution in [2.24, 2.45) is 0 Å². The van der Waals surface area contributed by atoms with E-state index in [0.717, 1.165) is 0 Å². The SMILES string of the molecule is CNc1cc(C#N)c2c(OC)cc(OC)cc2n1. The number of aromatic nitrogens is 1. The second kappa shape index (κ2) is 4.80. The van der Waals surface area contributed by atoms with Crippen LogP contribution >= 0.6 is 0 Å². The molecule has 0 aliphatic carbocycles. The first-order valence-electron chi connectivity index (χ1n) is 5.38. The number of hydrogen-bond acceptors (Lipinski definition) is 5. The molecule has 0 aliphatic rings. The summed E-state index contributed by atoms with van der Waals surface area (Å²) < 4.78 is 10.5. The van der Waals surface area contributed by atoms with Crippen molar-refractivity contribution in [3.8, 4) is 17.6 Å². The fourth-order valence-electron chi connectivity index (χ4n) is 1.80. The second-order valence-corrected chi connectivity index (χ2v) is 3.64. The smallest absolute Gasteiger partial charge is 0.133 e. The van der Waals surface area contributed by atoms with Crippen molar-refractivity contribution >= 4 is 16.7 Å². The van der Waals surface area contributed by atoms with Crippen LogP contribution in [0.3, 0.4) is 0 Å². The summed E-state index contributed by atoms with van der Waals surface area (Å²) in [6, 6.07) is 7.37. The van der Waals surface area contributed by atoms with Crippen LogP contribution in [0, 0.1) is 11.3 Å². The molecule has 0 amide bonds. The summed E-state index contributed by atoms with van der Waals surface area (Å²) >= 11 is 0. The molecule has 0 unspecified atom stereocenters. The molecule has 1 aromatic heterocycles. The van der Waals surface area contributed by atoms with Crippen molar-refractivity contribution < 1.29 is 9.47 Å². The molecule has 1 aromatic carbocycles. The number of pyridine rings is 1. The van der Waals surface area contributed by atoms with Crippen LogP contribution in [0.5, 0.6) is 11.5 Å². The molecule has 0 atom stereocenters. The van der Waals surface area contributed by atoms with E-state index in [1.54, 1.807) is 39.5 Å². The minimum absolute atomic E-state index is 0.517. The Bertz CT molecular complexity index is 627. The van der Waals surface area contributed by atoms with Gasteiger partial charge in [0.15, 0.2) is 0 Å². The van der Waals surface area contributed by atoms with E-state index in [0.29, 0.717) is 33.8 Å². The first-order chi connectivity index (χ1) is 8.73. The van der Waals surface area contributed by atoms with Crippen LogP contribution in [0.1, 0.15) is 5.56 Å². The van der Waals surface area contributed by atoms with Gasteiger partial charge in [-0.2, -0.15) is 5.26 Å². The number of anilines is 1. The molecule has 2 aromatic rings. The molecule has 1 heterocycles. The van der Waals surface area contributed by atoms with Gasteiger partial charge in [-0.15, -0.1) is 0 Å². The highest BCUT2D eigenvalue weighted by molar-refractivity contribution is 5.93. The molecule has 5 heteroatoms. The van der Waals surface area contributed by atoms with Crippen molar-refractivity contribution in [2.45, 2.75) is 0 Å². The molecule has 0 aliphatic heterocycles. The Hall–Kier alpha value is -2.48. The zero-order chi connectivity index (χ0) is 13.1. The summed E-state index contributed by atoms with van der Waals surface area (Å²) in [7, 11) is 4.89. The Labute approximate surface area is 105 Å². The molecule has 2 rings (SSSR count). The van der Waals surface area contributed by atoms with Gasteiger partial charge in [-0.3, -0.25) is 0 Å². The monoisotopic (exact) mass is 243 g/mol. The van der Waals surface area contributed by atoms with Gasteiger partial charge in [0.2, 0.25) is 0 Å². The Morgan fingerprint density at radius 1 is 1.22 bits per heavy atom. The maximum Gasteiger partial charge on any atom is 0.133 e. The maximum absolute atomic E-state index is 9.21. The summed E-state index contributed by atoms with van der Waals surface area (Å²) in [5, 5.41) is 12.8. The lowest BCUT2D eigenvalue weighted by atomic mass is 10.1. The Kier molecular flexibility index (Phi) is 3.20. The lowest BCUT2D eigenvalue weighted by Gasteiger charge is -2.10. The van der Waals surface area contributed by atoms with Crippen LogP contribution in [0.2, 0.25) is 0 Å². The Morgan fingerprint density at radius 3 is 2.56 bits per heavy atom. The molecule has 0 fully saturated rings. The van der Waals surface area contributed by atoms with E-state index >= 15 is 0 Å². The number of hydrogen-bond donors (Lipinski definition) is 1. The van der Waals surface area contributed by atoms with Crippen molar-refractivity contribution in [3.63, 3.8) is 0 Å². The molecule has 0 radical (unpaired) electrons. The van der Waals surface area contributed by atoms with Crippen molar-refractivity contribution in [1.29, 1.82) is 5.26 Å². The van der Waals surface area contributed by atoms with Crippen molar-refractivity contribution in [3.05, 3.63) is 23.8 Å². The van der Waals surface area contributed by atoms with Gasteiger partial charge in [0.25, 0.3) is 0 Å². The van der Waals surface area contributed by atoms with Crippen molar-refractivity contribution in [1.82, 2.24) is 4.98 Å². The highest BCUT2D eigenvalue weighted by atomic mass is 16.5. The quantitative estimate of drug-likeness (QED) is 0.894. The maximum atomic E-state index is 9.21. The predicted octanol–water partition coefficient (Wildman–Crippen LogP) is 2.17. The average molecular weight is 243 g/mol. The first-order valence-corrected chi connectivity index (χ1v) is 5.38. The molecule has 0 bridgehead atoms. The summed E-state index contributed by atoms with van der Waals surface area (Å²) in [6.45, 7) is 0. The van der Waals surface area contributed by atoms with E-state index in [4.69, 9.17) is 9.47 Å². The number of rotatable bonds is 3. The van der Waals surface area contributed by atoms with Gasteiger partial charge in [-0.25, -0.2) is 4.98 Å². The number of nitrogens with one attached hydrogen (secondary N) is 1. The first kappa shape index (κ1) is 12.0. The third-order valence-electron chi connectivity index (χ3n) is 2.68. The fraction of sp³-hybridized carbons (Fsp3) is 0.231. The summed E-state index contributed by atoms with van der Waals surface area (Å²) in [5.74, 6) is 1.86. The zero-order valence-corrected chi connectivity index (χ0v) is 10.4. The van der Waals surface area contributed by atoms with Gasteiger partial charge in [-0.05, 0) is 6.07 Å². The minimum Gasteiger partial charge on any atom is -0.497 e. The van der Waals surface area contributed by atoms with E-state index in [1.165, 1.54) is 0 Å². The molecule has 1 N–H and O–H groups in total. The van der Waals surface area contributed by atoms with Crippen LogP contribution in [-0.2, 0) is 0 Å². The van der Waals surface area contributed by atoms with E-state index < -0.39 is 0 Å². The van der Waals surface area contributed by atoms with Crippen molar-refractivity contribution in [2.75, 3.05) is 26.6 Å². The van der Waals surface area contributed by atoms with Gasteiger partial charge in [-0.1, -0.05) is 0 Å². The predicted molar refractivity (Wildman–Crippen MR) is 69.1 cm³/mol. The normalized spacial score (nSPS) is 9.89. The Morgan fingerprint density at radius 2 is 2.00 bits per heavy atom. The van der Waals surface area contributed by atoms with Gasteiger partial charge in [0.05, 0.1) is 30.7 Å². The number of methoxy groups -OCH3 is 2. The largest absolute Gasteiger partial charge is 0.497 e. The summed E-state index contributed by atoms with van der Waals surface area (Å²) in [6.07, 6.45) is 0. The number of ether oxygens (including phenoxy) is 2. The molecular weight excluding hydrogens is 230 g/mol. The van der Waals surface area contributed by atoms with E-state index in [2.05, 4.69) is 16.4 Å². The number of nitriles is 1. The Balaban J connectivity index is 2.86. The summed E-state index contributed by atoms with van der Waals surface area (Å²) in [4.78, 5) is 4.40. The van der Waals surface area contributed by atoms with Gasteiger partial charge in [0, 0.05) is 19.2 Å². The third-order valence-corrected chi connectivity index (χ3v) is 2.68.